The molecule has 1 aromatic heterocycles. The number of piperidine rings is 1. The predicted octanol–water partition coefficient (Wildman–Crippen LogP) is 3.48. The van der Waals surface area contributed by atoms with Gasteiger partial charge in [-0.2, -0.15) is 0 Å². The van der Waals surface area contributed by atoms with Crippen LogP contribution in [-0.4, -0.2) is 52.1 Å². The van der Waals surface area contributed by atoms with Crippen LogP contribution in [0.2, 0.25) is 0 Å². The molecular formula is C20H36N4. The van der Waals surface area contributed by atoms with Crippen LogP contribution in [0, 0.1) is 17.3 Å². The average molecular weight is 333 g/mol. The van der Waals surface area contributed by atoms with Crippen molar-refractivity contribution in [3.05, 3.63) is 18.2 Å². The van der Waals surface area contributed by atoms with Gasteiger partial charge in [0.25, 0.3) is 0 Å². The van der Waals surface area contributed by atoms with Crippen LogP contribution in [0.5, 0.6) is 0 Å². The number of likely N-dealkylation sites (tertiary alicyclic amines) is 2. The molecule has 0 spiro atoms. The minimum atomic E-state index is 0.430. The van der Waals surface area contributed by atoms with Crippen molar-refractivity contribution in [1.29, 1.82) is 0 Å². The topological polar surface area (TPSA) is 24.3 Å². The van der Waals surface area contributed by atoms with E-state index < -0.39 is 0 Å². The lowest BCUT2D eigenvalue weighted by Crippen LogP contribution is -2.37. The van der Waals surface area contributed by atoms with Crippen LogP contribution in [0.25, 0.3) is 0 Å². The maximum Gasteiger partial charge on any atom is 0.122 e. The Morgan fingerprint density at radius 1 is 1.04 bits per heavy atom. The third-order valence-electron chi connectivity index (χ3n) is 5.81. The van der Waals surface area contributed by atoms with E-state index in [1.807, 2.05) is 6.20 Å². The minimum absolute atomic E-state index is 0.430. The molecule has 2 saturated heterocycles. The standard InChI is InChI=1S/C20H36N4/c1-5-24-13-9-21-19(24)15-22-10-6-17(7-11-22)18-8-12-23(14-18)16-20(2,3)4/h9,13,17-18H,5-8,10-12,14-16H2,1-4H3. The molecule has 4 nitrogen and oxygen atoms in total. The second-order valence-electron chi connectivity index (χ2n) is 9.09. The van der Waals surface area contributed by atoms with Gasteiger partial charge in [-0.15, -0.1) is 0 Å². The van der Waals surface area contributed by atoms with Gasteiger partial charge in [-0.1, -0.05) is 20.8 Å². The highest BCUT2D eigenvalue weighted by Crippen LogP contribution is 2.33. The third-order valence-corrected chi connectivity index (χ3v) is 5.81. The van der Waals surface area contributed by atoms with Crippen molar-refractivity contribution >= 4 is 0 Å². The molecule has 0 N–H and O–H groups in total. The summed E-state index contributed by atoms with van der Waals surface area (Å²) in [6, 6.07) is 0. The first-order valence-electron chi connectivity index (χ1n) is 9.89. The second kappa shape index (κ2) is 7.57. The maximum absolute atomic E-state index is 4.54. The van der Waals surface area contributed by atoms with Gasteiger partial charge >= 0.3 is 0 Å². The van der Waals surface area contributed by atoms with E-state index in [-0.39, 0.29) is 0 Å². The van der Waals surface area contributed by atoms with E-state index in [9.17, 15) is 0 Å². The number of imidazole rings is 1. The van der Waals surface area contributed by atoms with Crippen molar-refractivity contribution in [2.75, 3.05) is 32.7 Å². The monoisotopic (exact) mass is 332 g/mol. The summed E-state index contributed by atoms with van der Waals surface area (Å²) in [5, 5.41) is 0. The molecule has 0 saturated carbocycles. The molecule has 2 aliphatic heterocycles. The van der Waals surface area contributed by atoms with E-state index in [0.29, 0.717) is 5.41 Å². The molecule has 136 valence electrons. The smallest absolute Gasteiger partial charge is 0.122 e. The Balaban J connectivity index is 1.44. The van der Waals surface area contributed by atoms with E-state index in [2.05, 4.69) is 53.2 Å². The van der Waals surface area contributed by atoms with Gasteiger partial charge in [-0.25, -0.2) is 4.98 Å². The van der Waals surface area contributed by atoms with Crippen molar-refractivity contribution < 1.29 is 0 Å². The Bertz CT molecular complexity index is 508. The van der Waals surface area contributed by atoms with Crippen LogP contribution in [-0.2, 0) is 13.1 Å². The van der Waals surface area contributed by atoms with E-state index in [0.717, 1.165) is 24.9 Å². The number of aromatic nitrogens is 2. The molecular weight excluding hydrogens is 296 g/mol. The molecule has 0 aliphatic carbocycles. The third kappa shape index (κ3) is 4.60. The fraction of sp³-hybridized carbons (Fsp3) is 0.850. The van der Waals surface area contributed by atoms with Crippen LogP contribution in [0.15, 0.2) is 12.4 Å². The number of rotatable bonds is 5. The predicted molar refractivity (Wildman–Crippen MR) is 99.9 cm³/mol. The highest BCUT2D eigenvalue weighted by atomic mass is 15.2. The first-order chi connectivity index (χ1) is 11.4. The second-order valence-corrected chi connectivity index (χ2v) is 9.09. The first-order valence-corrected chi connectivity index (χ1v) is 9.89. The summed E-state index contributed by atoms with van der Waals surface area (Å²) in [5.41, 5.74) is 0.430. The molecule has 24 heavy (non-hydrogen) atoms. The van der Waals surface area contributed by atoms with Gasteiger partial charge in [0, 0.05) is 32.0 Å². The summed E-state index contributed by atoms with van der Waals surface area (Å²) < 4.78 is 2.27. The Kier molecular flexibility index (Phi) is 5.66. The largest absolute Gasteiger partial charge is 0.334 e. The Morgan fingerprint density at radius 2 is 1.71 bits per heavy atom. The zero-order valence-corrected chi connectivity index (χ0v) is 16.2. The summed E-state index contributed by atoms with van der Waals surface area (Å²) in [7, 11) is 0. The molecule has 1 unspecified atom stereocenters. The van der Waals surface area contributed by atoms with Gasteiger partial charge in [0.15, 0.2) is 0 Å². The van der Waals surface area contributed by atoms with Gasteiger partial charge < -0.3 is 9.47 Å². The van der Waals surface area contributed by atoms with Gasteiger partial charge in [0.05, 0.1) is 6.54 Å². The molecule has 0 bridgehead atoms. The molecule has 4 heteroatoms. The van der Waals surface area contributed by atoms with Crippen LogP contribution in [0.1, 0.15) is 52.8 Å². The van der Waals surface area contributed by atoms with E-state index in [1.54, 1.807) is 0 Å². The molecule has 0 amide bonds. The maximum atomic E-state index is 4.54. The van der Waals surface area contributed by atoms with Crippen molar-refractivity contribution in [2.24, 2.45) is 17.3 Å². The van der Waals surface area contributed by atoms with E-state index >= 15 is 0 Å². The highest BCUT2D eigenvalue weighted by Gasteiger charge is 2.33. The summed E-state index contributed by atoms with van der Waals surface area (Å²) >= 11 is 0. The summed E-state index contributed by atoms with van der Waals surface area (Å²) in [4.78, 5) is 9.84. The summed E-state index contributed by atoms with van der Waals surface area (Å²) in [5.74, 6) is 3.11. The van der Waals surface area contributed by atoms with Crippen molar-refractivity contribution in [3.8, 4) is 0 Å². The van der Waals surface area contributed by atoms with Crippen molar-refractivity contribution in [3.63, 3.8) is 0 Å². The van der Waals surface area contributed by atoms with Crippen LogP contribution < -0.4 is 0 Å². The molecule has 1 aromatic rings. The van der Waals surface area contributed by atoms with Crippen LogP contribution >= 0.6 is 0 Å². The highest BCUT2D eigenvalue weighted by molar-refractivity contribution is 4.93. The fourth-order valence-corrected chi connectivity index (χ4v) is 4.62. The molecule has 3 heterocycles. The average Bonchev–Trinajstić information content (AvgIpc) is 3.15. The van der Waals surface area contributed by atoms with Crippen molar-refractivity contribution in [2.45, 2.75) is 60.0 Å². The molecule has 0 aromatic carbocycles. The number of hydrogen-bond acceptors (Lipinski definition) is 3. The molecule has 0 radical (unpaired) electrons. The van der Waals surface area contributed by atoms with Gasteiger partial charge in [0.2, 0.25) is 0 Å². The van der Waals surface area contributed by atoms with Gasteiger partial charge in [-0.3, -0.25) is 4.90 Å². The molecule has 1 atom stereocenters. The van der Waals surface area contributed by atoms with Crippen LogP contribution in [0.4, 0.5) is 0 Å². The first kappa shape index (κ1) is 17.9. The Morgan fingerprint density at radius 3 is 2.38 bits per heavy atom. The van der Waals surface area contributed by atoms with E-state index in [4.69, 9.17) is 0 Å². The zero-order valence-electron chi connectivity index (χ0n) is 16.2. The van der Waals surface area contributed by atoms with E-state index in [1.165, 1.54) is 57.8 Å². The normalized spacial score (nSPS) is 24.8. The lowest BCUT2D eigenvalue weighted by Gasteiger charge is -2.35. The molecule has 2 aliphatic rings. The van der Waals surface area contributed by atoms with Crippen molar-refractivity contribution in [1.82, 2.24) is 19.4 Å². The summed E-state index contributed by atoms with van der Waals surface area (Å²) in [6.07, 6.45) is 8.21. The quantitative estimate of drug-likeness (QED) is 0.825. The Labute approximate surface area is 148 Å². The lowest BCUT2D eigenvalue weighted by molar-refractivity contribution is 0.134. The Hall–Kier alpha value is -0.870. The molecule has 2 fully saturated rings. The molecule has 3 rings (SSSR count). The number of nitrogens with zero attached hydrogens (tertiary/aromatic N) is 4. The fourth-order valence-electron chi connectivity index (χ4n) is 4.62. The van der Waals surface area contributed by atoms with Gasteiger partial charge in [0.1, 0.15) is 5.82 Å². The minimum Gasteiger partial charge on any atom is -0.334 e. The zero-order chi connectivity index (χ0) is 17.2. The van der Waals surface area contributed by atoms with Gasteiger partial charge in [-0.05, 0) is 63.1 Å². The van der Waals surface area contributed by atoms with Crippen LogP contribution in [0.3, 0.4) is 0 Å². The number of aryl methyl sites for hydroxylation is 1. The SMILES string of the molecule is CCn1ccnc1CN1CCC(C2CCN(CC(C)(C)C)C2)CC1. The summed E-state index contributed by atoms with van der Waals surface area (Å²) in [6.45, 7) is 17.7. The number of hydrogen-bond donors (Lipinski definition) is 0. The lowest BCUT2D eigenvalue weighted by atomic mass is 9.83.